The van der Waals surface area contributed by atoms with Gasteiger partial charge in [0.1, 0.15) is 12.1 Å². The number of nitrogens with one attached hydrogen (secondary N) is 3. The van der Waals surface area contributed by atoms with Crippen LogP contribution in [0.5, 0.6) is 0 Å². The average Bonchev–Trinajstić information content (AvgIpc) is 3.49. The number of H-pyrrole nitrogens is 1. The van der Waals surface area contributed by atoms with Crippen molar-refractivity contribution < 1.29 is 14.4 Å². The quantitative estimate of drug-likeness (QED) is 0.300. The lowest BCUT2D eigenvalue weighted by atomic mass is 9.89. The lowest BCUT2D eigenvalue weighted by Gasteiger charge is -2.37. The Morgan fingerprint density at radius 2 is 1.80 bits per heavy atom. The van der Waals surface area contributed by atoms with Gasteiger partial charge >= 0.3 is 0 Å². The SMILES string of the molecule is CSCC[C@H](NC(=O)[C@@H]1Cc2c([nH]c3ccccc23)C2c3ccccc3C(=O)N21)C(=O)NCc1ccc(C)cc1. The van der Waals surface area contributed by atoms with Crippen LogP contribution in [0.2, 0.25) is 0 Å². The molecule has 0 radical (unpaired) electrons. The van der Waals surface area contributed by atoms with Crippen LogP contribution in [0.1, 0.15) is 50.8 Å². The Morgan fingerprint density at radius 1 is 1.05 bits per heavy atom. The first-order valence-corrected chi connectivity index (χ1v) is 15.0. The van der Waals surface area contributed by atoms with Gasteiger partial charge in [-0.25, -0.2) is 0 Å². The molecule has 8 heteroatoms. The van der Waals surface area contributed by atoms with Crippen LogP contribution in [0, 0.1) is 6.92 Å². The van der Waals surface area contributed by atoms with Crippen molar-refractivity contribution in [2.45, 2.75) is 44.4 Å². The molecule has 3 N–H and O–H groups in total. The third kappa shape index (κ3) is 4.66. The highest BCUT2D eigenvalue weighted by atomic mass is 32.2. The van der Waals surface area contributed by atoms with E-state index in [1.165, 1.54) is 0 Å². The van der Waals surface area contributed by atoms with Gasteiger partial charge in [-0.2, -0.15) is 11.8 Å². The molecule has 3 atom stereocenters. The number of para-hydroxylation sites is 1. The highest BCUT2D eigenvalue weighted by Crippen LogP contribution is 2.46. The fraction of sp³-hybridized carbons (Fsp3) is 0.281. The number of rotatable bonds is 8. The second-order valence-corrected chi connectivity index (χ2v) is 11.5. The normalized spacial score (nSPS) is 18.1. The third-order valence-corrected chi connectivity index (χ3v) is 8.63. The van der Waals surface area contributed by atoms with Crippen LogP contribution in [0.25, 0.3) is 10.9 Å². The maximum Gasteiger partial charge on any atom is 0.255 e. The van der Waals surface area contributed by atoms with E-state index in [0.717, 1.165) is 44.6 Å². The molecule has 0 aliphatic carbocycles. The van der Waals surface area contributed by atoms with E-state index in [2.05, 4.69) is 21.7 Å². The van der Waals surface area contributed by atoms with Gasteiger partial charge in [0.2, 0.25) is 11.8 Å². The van der Waals surface area contributed by atoms with Crippen LogP contribution in [0.15, 0.2) is 72.8 Å². The zero-order valence-corrected chi connectivity index (χ0v) is 23.4. The van der Waals surface area contributed by atoms with Crippen molar-refractivity contribution in [3.05, 3.63) is 106 Å². The van der Waals surface area contributed by atoms with E-state index in [9.17, 15) is 14.4 Å². The second kappa shape index (κ2) is 10.8. The molecule has 6 rings (SSSR count). The summed E-state index contributed by atoms with van der Waals surface area (Å²) in [5.74, 6) is 0.0315. The van der Waals surface area contributed by atoms with E-state index in [0.29, 0.717) is 24.9 Å². The minimum atomic E-state index is -0.738. The summed E-state index contributed by atoms with van der Waals surface area (Å²) in [6, 6.07) is 21.8. The van der Waals surface area contributed by atoms with Gasteiger partial charge in [0, 0.05) is 35.1 Å². The van der Waals surface area contributed by atoms with Crippen LogP contribution < -0.4 is 10.6 Å². The summed E-state index contributed by atoms with van der Waals surface area (Å²) >= 11 is 1.63. The van der Waals surface area contributed by atoms with Crippen LogP contribution >= 0.6 is 11.8 Å². The monoisotopic (exact) mass is 552 g/mol. The summed E-state index contributed by atoms with van der Waals surface area (Å²) in [5.41, 5.74) is 6.65. The molecular formula is C32H32N4O3S. The van der Waals surface area contributed by atoms with E-state index in [1.807, 2.05) is 79.9 Å². The average molecular weight is 553 g/mol. The van der Waals surface area contributed by atoms with Crippen LogP contribution in [0.3, 0.4) is 0 Å². The van der Waals surface area contributed by atoms with Crippen LogP contribution in [0.4, 0.5) is 0 Å². The number of benzene rings is 3. The maximum absolute atomic E-state index is 14.0. The first-order chi connectivity index (χ1) is 19.5. The van der Waals surface area contributed by atoms with Crippen molar-refractivity contribution in [1.82, 2.24) is 20.5 Å². The largest absolute Gasteiger partial charge is 0.356 e. The van der Waals surface area contributed by atoms with E-state index in [1.54, 1.807) is 16.7 Å². The molecular weight excluding hydrogens is 520 g/mol. The molecule has 0 saturated carbocycles. The molecule has 3 aromatic carbocycles. The zero-order chi connectivity index (χ0) is 27.8. The van der Waals surface area contributed by atoms with E-state index in [-0.39, 0.29) is 23.8 Å². The number of nitrogens with zero attached hydrogens (tertiary/aromatic N) is 1. The second-order valence-electron chi connectivity index (χ2n) is 10.5. The molecule has 1 unspecified atom stereocenters. The van der Waals surface area contributed by atoms with Crippen molar-refractivity contribution >= 4 is 40.4 Å². The molecule has 7 nitrogen and oxygen atoms in total. The van der Waals surface area contributed by atoms with Gasteiger partial charge in [-0.3, -0.25) is 14.4 Å². The summed E-state index contributed by atoms with van der Waals surface area (Å²) in [7, 11) is 0. The Kier molecular flexibility index (Phi) is 7.11. The molecule has 0 bridgehead atoms. The molecule has 0 fully saturated rings. The molecule has 2 aliphatic heterocycles. The van der Waals surface area contributed by atoms with Gasteiger partial charge in [0.15, 0.2) is 0 Å². The standard InChI is InChI=1S/C32H32N4O3S/c1-19-11-13-20(14-12-19)18-33-30(37)26(15-16-40-2)35-31(38)27-17-24-21-7-5-6-10-25(21)34-28(24)29-22-8-3-4-9-23(22)32(39)36(27)29/h3-14,26-27,29,34H,15-18H2,1-2H3,(H,33,37)(H,35,38)/t26-,27-,29?/m0/s1. The topological polar surface area (TPSA) is 94.3 Å². The lowest BCUT2D eigenvalue weighted by molar-refractivity contribution is -0.132. The smallest absolute Gasteiger partial charge is 0.255 e. The molecule has 2 aliphatic rings. The van der Waals surface area contributed by atoms with E-state index >= 15 is 0 Å². The summed E-state index contributed by atoms with van der Waals surface area (Å²) in [6.07, 6.45) is 2.85. The van der Waals surface area contributed by atoms with Crippen molar-refractivity contribution in [1.29, 1.82) is 0 Å². The Labute approximate surface area is 237 Å². The number of fused-ring (bicyclic) bond motifs is 7. The fourth-order valence-corrected chi connectivity index (χ4v) is 6.40. The summed E-state index contributed by atoms with van der Waals surface area (Å²) < 4.78 is 0. The third-order valence-electron chi connectivity index (χ3n) is 7.99. The van der Waals surface area contributed by atoms with Crippen LogP contribution in [-0.2, 0) is 22.6 Å². The predicted molar refractivity (Wildman–Crippen MR) is 158 cm³/mol. The van der Waals surface area contributed by atoms with Gasteiger partial charge in [-0.1, -0.05) is 66.2 Å². The maximum atomic E-state index is 14.0. The Morgan fingerprint density at radius 3 is 2.60 bits per heavy atom. The number of hydrogen-bond donors (Lipinski definition) is 3. The minimum absolute atomic E-state index is 0.158. The molecule has 1 aromatic heterocycles. The Balaban J connectivity index is 1.29. The van der Waals surface area contributed by atoms with Crippen molar-refractivity contribution in [2.75, 3.05) is 12.0 Å². The Bertz CT molecular complexity index is 1600. The first kappa shape index (κ1) is 26.2. The van der Waals surface area contributed by atoms with Crippen molar-refractivity contribution in [3.8, 4) is 0 Å². The number of carbonyl (C=O) groups excluding carboxylic acids is 3. The van der Waals surface area contributed by atoms with E-state index < -0.39 is 12.1 Å². The summed E-state index contributed by atoms with van der Waals surface area (Å²) in [5, 5.41) is 7.08. The summed E-state index contributed by atoms with van der Waals surface area (Å²) in [4.78, 5) is 46.2. The number of carbonyl (C=O) groups is 3. The highest BCUT2D eigenvalue weighted by Gasteiger charge is 2.49. The zero-order valence-electron chi connectivity index (χ0n) is 22.6. The molecule has 0 saturated heterocycles. The first-order valence-electron chi connectivity index (χ1n) is 13.6. The minimum Gasteiger partial charge on any atom is -0.356 e. The fourth-order valence-electron chi connectivity index (χ4n) is 5.93. The van der Waals surface area contributed by atoms with Gasteiger partial charge in [-0.15, -0.1) is 0 Å². The number of hydrogen-bond acceptors (Lipinski definition) is 4. The highest BCUT2D eigenvalue weighted by molar-refractivity contribution is 7.98. The molecule has 3 amide bonds. The number of aromatic amines is 1. The number of aryl methyl sites for hydroxylation is 1. The summed E-state index contributed by atoms with van der Waals surface area (Å²) in [6.45, 7) is 2.41. The van der Waals surface area contributed by atoms with Gasteiger partial charge in [-0.05, 0) is 54.2 Å². The number of aromatic nitrogens is 1. The molecule has 0 spiro atoms. The lowest BCUT2D eigenvalue weighted by Crippen LogP contribution is -2.56. The van der Waals surface area contributed by atoms with Crippen LogP contribution in [-0.4, -0.2) is 51.7 Å². The van der Waals surface area contributed by atoms with Gasteiger partial charge in [0.05, 0.1) is 6.04 Å². The molecule has 3 heterocycles. The Hall–Kier alpha value is -4.04. The van der Waals surface area contributed by atoms with Crippen molar-refractivity contribution in [3.63, 3.8) is 0 Å². The number of thioether (sulfide) groups is 1. The molecule has 204 valence electrons. The molecule has 4 aromatic rings. The predicted octanol–water partition coefficient (Wildman–Crippen LogP) is 4.50. The van der Waals surface area contributed by atoms with Gasteiger partial charge < -0.3 is 20.5 Å². The number of amides is 3. The van der Waals surface area contributed by atoms with Crippen molar-refractivity contribution in [2.24, 2.45) is 0 Å². The van der Waals surface area contributed by atoms with Gasteiger partial charge in [0.25, 0.3) is 5.91 Å². The molecule has 40 heavy (non-hydrogen) atoms. The van der Waals surface area contributed by atoms with E-state index in [4.69, 9.17) is 0 Å².